The van der Waals surface area contributed by atoms with Crippen LogP contribution >= 0.6 is 11.6 Å². The maximum atomic E-state index is 6.41. The molecule has 1 aromatic carbocycles. The third kappa shape index (κ3) is 3.90. The highest BCUT2D eigenvalue weighted by atomic mass is 35.5. The van der Waals surface area contributed by atoms with Crippen LogP contribution in [0.3, 0.4) is 0 Å². The summed E-state index contributed by atoms with van der Waals surface area (Å²) in [7, 11) is 0. The summed E-state index contributed by atoms with van der Waals surface area (Å²) in [6, 6.07) is 6.60. The third-order valence-electron chi connectivity index (χ3n) is 7.19. The molecule has 0 N–H and O–H groups in total. The second-order valence-electron chi connectivity index (χ2n) is 9.23. The van der Waals surface area contributed by atoms with Gasteiger partial charge in [0.2, 0.25) is 0 Å². The van der Waals surface area contributed by atoms with Crippen LogP contribution in [-0.2, 0) is 17.8 Å². The quantitative estimate of drug-likeness (QED) is 0.586. The summed E-state index contributed by atoms with van der Waals surface area (Å²) in [4.78, 5) is 13.8. The maximum absolute atomic E-state index is 6.41. The predicted octanol–water partition coefficient (Wildman–Crippen LogP) is 3.51. The maximum Gasteiger partial charge on any atom is 0.151 e. The molecular weight excluding hydrogens is 438 g/mol. The van der Waals surface area contributed by atoms with Gasteiger partial charge in [-0.05, 0) is 49.9 Å². The fourth-order valence-electron chi connectivity index (χ4n) is 5.44. The van der Waals surface area contributed by atoms with Crippen LogP contribution in [0.4, 0.5) is 5.82 Å². The van der Waals surface area contributed by atoms with E-state index in [1.807, 2.05) is 13.0 Å². The smallest absolute Gasteiger partial charge is 0.151 e. The van der Waals surface area contributed by atoms with Crippen molar-refractivity contribution in [3.8, 4) is 5.69 Å². The minimum atomic E-state index is 0.351. The number of halogens is 1. The van der Waals surface area contributed by atoms with E-state index in [-0.39, 0.29) is 0 Å². The summed E-state index contributed by atoms with van der Waals surface area (Å²) in [6.07, 6.45) is 6.60. The number of aryl methyl sites for hydroxylation is 1. The SMILES string of the molecule is Cc1nccnc1N1CCC(c2nnc3n2-c2ccc(Cl)cc2CN([C@@H]2CCOC2)C3)CC1. The number of hydrogen-bond acceptors (Lipinski definition) is 7. The number of aromatic nitrogens is 5. The molecule has 0 radical (unpaired) electrons. The van der Waals surface area contributed by atoms with E-state index in [0.29, 0.717) is 12.0 Å². The topological polar surface area (TPSA) is 72.2 Å². The molecule has 0 saturated carbocycles. The molecule has 8 nitrogen and oxygen atoms in total. The fraction of sp³-hybridized carbons (Fsp3) is 0.500. The first kappa shape index (κ1) is 21.0. The highest BCUT2D eigenvalue weighted by Gasteiger charge is 2.33. The lowest BCUT2D eigenvalue weighted by Crippen LogP contribution is -2.35. The van der Waals surface area contributed by atoms with E-state index in [1.54, 1.807) is 12.4 Å². The molecule has 3 aromatic rings. The van der Waals surface area contributed by atoms with E-state index in [2.05, 4.69) is 41.6 Å². The van der Waals surface area contributed by atoms with Crippen molar-refractivity contribution in [2.24, 2.45) is 0 Å². The van der Waals surface area contributed by atoms with Crippen LogP contribution in [0.25, 0.3) is 5.69 Å². The molecule has 0 spiro atoms. The van der Waals surface area contributed by atoms with Gasteiger partial charge in [-0.1, -0.05) is 11.6 Å². The Morgan fingerprint density at radius 2 is 1.88 bits per heavy atom. The highest BCUT2D eigenvalue weighted by Crippen LogP contribution is 2.35. The fourth-order valence-corrected chi connectivity index (χ4v) is 5.64. The summed E-state index contributed by atoms with van der Waals surface area (Å²) in [6.45, 7) is 7.11. The van der Waals surface area contributed by atoms with Crippen molar-refractivity contribution >= 4 is 17.4 Å². The van der Waals surface area contributed by atoms with Crippen LogP contribution in [0.2, 0.25) is 5.02 Å². The number of fused-ring (bicyclic) bond motifs is 3. The van der Waals surface area contributed by atoms with Crippen molar-refractivity contribution in [1.29, 1.82) is 0 Å². The summed E-state index contributed by atoms with van der Waals surface area (Å²) < 4.78 is 7.98. The Bertz CT molecular complexity index is 1150. The molecule has 33 heavy (non-hydrogen) atoms. The Morgan fingerprint density at radius 1 is 1.03 bits per heavy atom. The standard InChI is InChI=1S/C24H28ClN7O/c1-16-23(27-8-7-26-16)30-9-4-17(5-10-30)24-29-28-22-14-31(20-6-11-33-15-20)13-18-12-19(25)2-3-21(18)32(22)24/h2-3,7-8,12,17,20H,4-6,9-11,13-15H2,1H3/t20-/m1/s1. The van der Waals surface area contributed by atoms with E-state index in [1.165, 1.54) is 5.56 Å². The lowest BCUT2D eigenvalue weighted by Gasteiger charge is -2.33. The van der Waals surface area contributed by atoms with E-state index >= 15 is 0 Å². The second kappa shape index (κ2) is 8.66. The molecule has 9 heteroatoms. The Kier molecular flexibility index (Phi) is 5.52. The van der Waals surface area contributed by atoms with Crippen molar-refractivity contribution in [2.75, 3.05) is 31.2 Å². The number of anilines is 1. The summed E-state index contributed by atoms with van der Waals surface area (Å²) >= 11 is 6.41. The lowest BCUT2D eigenvalue weighted by atomic mass is 9.95. The monoisotopic (exact) mass is 465 g/mol. The Hall–Kier alpha value is -2.55. The zero-order valence-electron chi connectivity index (χ0n) is 18.8. The normalized spacial score (nSPS) is 21.6. The molecule has 0 aliphatic carbocycles. The zero-order chi connectivity index (χ0) is 22.4. The number of nitrogens with zero attached hydrogens (tertiary/aromatic N) is 7. The molecule has 2 saturated heterocycles. The molecule has 172 valence electrons. The van der Waals surface area contributed by atoms with E-state index in [0.717, 1.165) is 92.5 Å². The molecule has 3 aliphatic heterocycles. The van der Waals surface area contributed by atoms with E-state index in [9.17, 15) is 0 Å². The van der Waals surface area contributed by atoms with E-state index in [4.69, 9.17) is 21.4 Å². The van der Waals surface area contributed by atoms with Gasteiger partial charge in [0.05, 0.1) is 24.5 Å². The number of ether oxygens (including phenoxy) is 1. The van der Waals surface area contributed by atoms with Gasteiger partial charge in [0.15, 0.2) is 5.82 Å². The van der Waals surface area contributed by atoms with Crippen molar-refractivity contribution < 1.29 is 4.74 Å². The van der Waals surface area contributed by atoms with Gasteiger partial charge < -0.3 is 9.64 Å². The van der Waals surface area contributed by atoms with E-state index < -0.39 is 0 Å². The molecule has 0 amide bonds. The van der Waals surface area contributed by atoms with Crippen molar-refractivity contribution in [2.45, 2.75) is 51.2 Å². The van der Waals surface area contributed by atoms with Gasteiger partial charge in [0, 0.05) is 55.6 Å². The first-order valence-corrected chi connectivity index (χ1v) is 12.1. The van der Waals surface area contributed by atoms with Gasteiger partial charge >= 0.3 is 0 Å². The van der Waals surface area contributed by atoms with Crippen LogP contribution in [-0.4, -0.2) is 62.0 Å². The summed E-state index contributed by atoms with van der Waals surface area (Å²) in [5.74, 6) is 3.41. The minimum absolute atomic E-state index is 0.351. The van der Waals surface area contributed by atoms with Crippen molar-refractivity contribution in [1.82, 2.24) is 29.6 Å². The average molecular weight is 466 g/mol. The molecule has 6 rings (SSSR count). The van der Waals surface area contributed by atoms with Gasteiger partial charge in [-0.3, -0.25) is 14.5 Å². The first-order valence-electron chi connectivity index (χ1n) is 11.7. The van der Waals surface area contributed by atoms with Crippen molar-refractivity contribution in [3.05, 3.63) is 58.5 Å². The lowest BCUT2D eigenvalue weighted by molar-refractivity contribution is 0.133. The third-order valence-corrected chi connectivity index (χ3v) is 7.43. The van der Waals surface area contributed by atoms with Crippen LogP contribution < -0.4 is 4.90 Å². The molecular formula is C24H28ClN7O. The molecule has 5 heterocycles. The van der Waals surface area contributed by atoms with Crippen LogP contribution in [0.1, 0.15) is 48.1 Å². The molecule has 0 bridgehead atoms. The molecule has 2 aromatic heterocycles. The first-order chi connectivity index (χ1) is 16.2. The summed E-state index contributed by atoms with van der Waals surface area (Å²) in [5, 5.41) is 10.2. The molecule has 2 fully saturated rings. The number of rotatable bonds is 3. The van der Waals surface area contributed by atoms with Crippen LogP contribution in [0, 0.1) is 6.92 Å². The van der Waals surface area contributed by atoms with Gasteiger partial charge in [0.25, 0.3) is 0 Å². The average Bonchev–Trinajstić information content (AvgIpc) is 3.47. The number of hydrogen-bond donors (Lipinski definition) is 0. The molecule has 3 aliphatic rings. The highest BCUT2D eigenvalue weighted by molar-refractivity contribution is 6.30. The minimum Gasteiger partial charge on any atom is -0.380 e. The predicted molar refractivity (Wildman–Crippen MR) is 126 cm³/mol. The largest absolute Gasteiger partial charge is 0.380 e. The Morgan fingerprint density at radius 3 is 2.67 bits per heavy atom. The van der Waals surface area contributed by atoms with Crippen LogP contribution in [0.5, 0.6) is 0 Å². The van der Waals surface area contributed by atoms with Crippen molar-refractivity contribution in [3.63, 3.8) is 0 Å². The second-order valence-corrected chi connectivity index (χ2v) is 9.67. The Balaban J connectivity index is 1.31. The van der Waals surface area contributed by atoms with Gasteiger partial charge in [-0.2, -0.15) is 0 Å². The molecule has 1 atom stereocenters. The van der Waals surface area contributed by atoms with Crippen LogP contribution in [0.15, 0.2) is 30.6 Å². The summed E-state index contributed by atoms with van der Waals surface area (Å²) in [5.41, 5.74) is 3.36. The van der Waals surface area contributed by atoms with Gasteiger partial charge in [-0.25, -0.2) is 4.98 Å². The molecule has 0 unspecified atom stereocenters. The number of benzene rings is 1. The van der Waals surface area contributed by atoms with Gasteiger partial charge in [0.1, 0.15) is 11.6 Å². The Labute approximate surface area is 198 Å². The number of piperidine rings is 1. The van der Waals surface area contributed by atoms with Gasteiger partial charge in [-0.15, -0.1) is 10.2 Å². The zero-order valence-corrected chi connectivity index (χ0v) is 19.6.